The van der Waals surface area contributed by atoms with Gasteiger partial charge in [-0.05, 0) is 48.7 Å². The highest BCUT2D eigenvalue weighted by Gasteiger charge is 2.16. The van der Waals surface area contributed by atoms with Crippen LogP contribution in [0.3, 0.4) is 0 Å². The number of carbonyl (C=O) groups excluding carboxylic acids is 2. The fourth-order valence-electron chi connectivity index (χ4n) is 4.16. The van der Waals surface area contributed by atoms with Gasteiger partial charge in [-0.25, -0.2) is 9.37 Å². The Hall–Kier alpha value is -3.21. The van der Waals surface area contributed by atoms with Crippen molar-refractivity contribution in [1.82, 2.24) is 14.5 Å². The molecule has 39 heavy (non-hydrogen) atoms. The number of anilines is 3. The predicted molar refractivity (Wildman–Crippen MR) is 160 cm³/mol. The molecular formula is C27H29Cl2FN6O2S. The molecule has 8 nitrogen and oxygen atoms in total. The number of aryl methyl sites for hydroxylation is 1. The van der Waals surface area contributed by atoms with Crippen LogP contribution < -0.4 is 15.5 Å². The Morgan fingerprint density at radius 3 is 2.54 bits per heavy atom. The zero-order valence-corrected chi connectivity index (χ0v) is 23.9. The van der Waals surface area contributed by atoms with Crippen LogP contribution in [0.15, 0.2) is 48.7 Å². The van der Waals surface area contributed by atoms with Crippen molar-refractivity contribution < 1.29 is 14.0 Å². The van der Waals surface area contributed by atoms with E-state index in [2.05, 4.69) is 20.6 Å². The number of alkyl halides is 2. The molecule has 0 bridgehead atoms. The molecule has 2 aromatic heterocycles. The third kappa shape index (κ3) is 7.06. The number of amides is 2. The number of hydrogen-bond acceptors (Lipinski definition) is 5. The lowest BCUT2D eigenvalue weighted by molar-refractivity contribution is -0.115. The van der Waals surface area contributed by atoms with Gasteiger partial charge in [0.05, 0.1) is 28.1 Å². The first-order chi connectivity index (χ1) is 18.8. The second kappa shape index (κ2) is 13.2. The largest absolute Gasteiger partial charge is 0.367 e. The molecule has 4 rings (SSSR count). The molecule has 0 unspecified atom stereocenters. The summed E-state index contributed by atoms with van der Waals surface area (Å²) in [5.74, 6) is 1.13. The van der Waals surface area contributed by atoms with Crippen molar-refractivity contribution in [2.24, 2.45) is 7.05 Å². The van der Waals surface area contributed by atoms with E-state index in [4.69, 9.17) is 23.2 Å². The summed E-state index contributed by atoms with van der Waals surface area (Å²) in [5.41, 5.74) is 3.91. The number of H-pyrrole nitrogens is 1. The SMILES string of the molecule is CSCCC(=O)Nc1cc(-c2nc3cc(C(=O)Nc4ccc(N(CCCl)CCCl)c(F)c4)ccc3[nH]2)n(C)c1. The summed E-state index contributed by atoms with van der Waals surface area (Å²) < 4.78 is 16.7. The Labute approximate surface area is 240 Å². The van der Waals surface area contributed by atoms with E-state index >= 15 is 0 Å². The number of imidazole rings is 1. The van der Waals surface area contributed by atoms with Gasteiger partial charge in [0.15, 0.2) is 5.82 Å². The number of nitrogens with one attached hydrogen (secondary N) is 3. The van der Waals surface area contributed by atoms with Crippen molar-refractivity contribution in [3.8, 4) is 11.5 Å². The monoisotopic (exact) mass is 590 g/mol. The summed E-state index contributed by atoms with van der Waals surface area (Å²) in [4.78, 5) is 34.7. The summed E-state index contributed by atoms with van der Waals surface area (Å²) in [5, 5.41) is 5.65. The summed E-state index contributed by atoms with van der Waals surface area (Å²) in [7, 11) is 1.87. The first kappa shape index (κ1) is 28.8. The van der Waals surface area contributed by atoms with Crippen LogP contribution in [0.2, 0.25) is 0 Å². The van der Waals surface area contributed by atoms with Crippen molar-refractivity contribution >= 4 is 74.9 Å². The minimum Gasteiger partial charge on any atom is -0.367 e. The fraction of sp³-hybridized carbons (Fsp3) is 0.296. The van der Waals surface area contributed by atoms with E-state index in [0.29, 0.717) is 65.2 Å². The normalized spacial score (nSPS) is 11.1. The molecule has 206 valence electrons. The number of rotatable bonds is 12. The molecule has 0 fully saturated rings. The number of aromatic nitrogens is 3. The van der Waals surface area contributed by atoms with Gasteiger partial charge in [-0.2, -0.15) is 11.8 Å². The maximum absolute atomic E-state index is 14.8. The zero-order valence-electron chi connectivity index (χ0n) is 21.6. The molecule has 4 aromatic rings. The first-order valence-electron chi connectivity index (χ1n) is 12.3. The van der Waals surface area contributed by atoms with Crippen LogP contribution in [0.25, 0.3) is 22.6 Å². The maximum atomic E-state index is 14.8. The average Bonchev–Trinajstić information content (AvgIpc) is 3.49. The van der Waals surface area contributed by atoms with E-state index in [9.17, 15) is 14.0 Å². The number of fused-ring (bicyclic) bond motifs is 1. The lowest BCUT2D eigenvalue weighted by Crippen LogP contribution is -2.28. The van der Waals surface area contributed by atoms with Gasteiger partial charge in [0.1, 0.15) is 5.82 Å². The number of aromatic amines is 1. The Morgan fingerprint density at radius 2 is 1.85 bits per heavy atom. The Bertz CT molecular complexity index is 1470. The van der Waals surface area contributed by atoms with Crippen molar-refractivity contribution in [2.45, 2.75) is 6.42 Å². The predicted octanol–water partition coefficient (Wildman–Crippen LogP) is 5.94. The van der Waals surface area contributed by atoms with Crippen LogP contribution in [-0.2, 0) is 11.8 Å². The Morgan fingerprint density at radius 1 is 1.08 bits per heavy atom. The summed E-state index contributed by atoms with van der Waals surface area (Å²) in [6.45, 7) is 0.916. The standard InChI is InChI=1S/C27H29Cl2FN6O2S/c1-35-16-19(31-25(37)7-12-39-2)15-24(35)26-33-21-5-3-17(13-22(21)34-26)27(38)32-18-4-6-23(20(30)14-18)36(10-8-28)11-9-29/h3-6,13-16H,7-12H2,1-2H3,(H,31,37)(H,32,38)(H,33,34). The van der Waals surface area contributed by atoms with Gasteiger partial charge in [0.25, 0.3) is 5.91 Å². The number of thioether (sulfide) groups is 1. The number of nitrogens with zero attached hydrogens (tertiary/aromatic N) is 3. The smallest absolute Gasteiger partial charge is 0.255 e. The minimum absolute atomic E-state index is 0.0425. The van der Waals surface area contributed by atoms with Crippen LogP contribution in [0.4, 0.5) is 21.5 Å². The number of halogens is 3. The lowest BCUT2D eigenvalue weighted by Gasteiger charge is -2.23. The van der Waals surface area contributed by atoms with Gasteiger partial charge >= 0.3 is 0 Å². The number of benzene rings is 2. The van der Waals surface area contributed by atoms with Crippen molar-refractivity contribution in [3.05, 3.63) is 60.0 Å². The highest BCUT2D eigenvalue weighted by Crippen LogP contribution is 2.26. The van der Waals surface area contributed by atoms with Gasteiger partial charge in [-0.3, -0.25) is 9.59 Å². The van der Waals surface area contributed by atoms with Crippen LogP contribution >= 0.6 is 35.0 Å². The molecule has 0 saturated carbocycles. The van der Waals surface area contributed by atoms with Gasteiger partial charge in [-0.15, -0.1) is 23.2 Å². The molecule has 0 spiro atoms. The molecule has 2 aromatic carbocycles. The van der Waals surface area contributed by atoms with E-state index in [1.165, 1.54) is 6.07 Å². The van der Waals surface area contributed by atoms with E-state index in [1.807, 2.05) is 30.1 Å². The van der Waals surface area contributed by atoms with Crippen molar-refractivity contribution in [3.63, 3.8) is 0 Å². The molecule has 0 radical (unpaired) electrons. The van der Waals surface area contributed by atoms with Crippen LogP contribution in [-0.4, -0.2) is 63.2 Å². The molecule has 0 aliphatic rings. The van der Waals surface area contributed by atoms with E-state index in [-0.39, 0.29) is 11.8 Å². The topological polar surface area (TPSA) is 95.1 Å². The summed E-state index contributed by atoms with van der Waals surface area (Å²) in [6.07, 6.45) is 4.23. The maximum Gasteiger partial charge on any atom is 0.255 e. The van der Waals surface area contributed by atoms with Gasteiger partial charge in [-0.1, -0.05) is 0 Å². The summed E-state index contributed by atoms with van der Waals surface area (Å²) >= 11 is 13.3. The van der Waals surface area contributed by atoms with E-state index in [0.717, 1.165) is 17.0 Å². The third-order valence-electron chi connectivity index (χ3n) is 6.06. The quantitative estimate of drug-likeness (QED) is 0.178. The van der Waals surface area contributed by atoms with Crippen LogP contribution in [0.5, 0.6) is 0 Å². The van der Waals surface area contributed by atoms with Crippen LogP contribution in [0, 0.1) is 5.82 Å². The second-order valence-corrected chi connectivity index (χ2v) is 10.6. The van der Waals surface area contributed by atoms with Crippen LogP contribution in [0.1, 0.15) is 16.8 Å². The van der Waals surface area contributed by atoms with Crippen molar-refractivity contribution in [1.29, 1.82) is 0 Å². The second-order valence-electron chi connectivity index (χ2n) is 8.82. The van der Waals surface area contributed by atoms with Crippen molar-refractivity contribution in [2.75, 3.05) is 52.4 Å². The Kier molecular flexibility index (Phi) is 9.77. The van der Waals surface area contributed by atoms with Gasteiger partial charge in [0.2, 0.25) is 5.91 Å². The lowest BCUT2D eigenvalue weighted by atomic mass is 10.1. The molecule has 3 N–H and O–H groups in total. The highest BCUT2D eigenvalue weighted by atomic mass is 35.5. The zero-order chi connectivity index (χ0) is 27.9. The fourth-order valence-corrected chi connectivity index (χ4v) is 4.95. The van der Waals surface area contributed by atoms with Gasteiger partial charge < -0.3 is 25.1 Å². The molecule has 0 aliphatic carbocycles. The minimum atomic E-state index is -0.474. The molecule has 0 atom stereocenters. The van der Waals surface area contributed by atoms with E-state index in [1.54, 1.807) is 47.0 Å². The summed E-state index contributed by atoms with van der Waals surface area (Å²) in [6, 6.07) is 11.5. The molecule has 0 saturated heterocycles. The van der Waals surface area contributed by atoms with E-state index < -0.39 is 5.82 Å². The first-order valence-corrected chi connectivity index (χ1v) is 14.7. The molecule has 0 aliphatic heterocycles. The molecule has 2 heterocycles. The number of hydrogen-bond donors (Lipinski definition) is 3. The molecule has 2 amide bonds. The average molecular weight is 592 g/mol. The Balaban J connectivity index is 1.49. The highest BCUT2D eigenvalue weighted by molar-refractivity contribution is 7.98. The number of carbonyl (C=O) groups is 2. The molecular weight excluding hydrogens is 562 g/mol. The molecule has 12 heteroatoms. The third-order valence-corrected chi connectivity index (χ3v) is 7.02. The van der Waals surface area contributed by atoms with Gasteiger partial charge in [0, 0.05) is 61.5 Å².